The second-order valence-corrected chi connectivity index (χ2v) is 2.60. The predicted octanol–water partition coefficient (Wildman–Crippen LogP) is 1.29. The number of nitrogens with one attached hydrogen (secondary N) is 1. The molecule has 0 aliphatic carbocycles. The molecule has 0 atom stereocenters. The van der Waals surface area contributed by atoms with Gasteiger partial charge in [-0.15, -0.1) is 0 Å². The molecule has 3 N–H and O–H groups in total. The van der Waals surface area contributed by atoms with Crippen molar-refractivity contribution >= 4 is 5.84 Å². The number of aryl methyl sites for hydroxylation is 1. The molecule has 0 bridgehead atoms. The Bertz CT molecular complexity index is 307. The Kier molecular flexibility index (Phi) is 2.33. The molecule has 0 aromatic heterocycles. The molecular weight excluding hydrogens is 152 g/mol. The van der Waals surface area contributed by atoms with Crippen LogP contribution in [-0.4, -0.2) is 12.9 Å². The lowest BCUT2D eigenvalue weighted by atomic mass is 10.1. The van der Waals surface area contributed by atoms with Crippen LogP contribution in [0.3, 0.4) is 0 Å². The van der Waals surface area contributed by atoms with E-state index in [1.165, 1.54) is 0 Å². The van der Waals surface area contributed by atoms with Crippen LogP contribution in [0.2, 0.25) is 0 Å². The third-order valence-corrected chi connectivity index (χ3v) is 1.72. The number of nitrogen functional groups attached to an aromatic ring is 1. The maximum absolute atomic E-state index is 7.20. The van der Waals surface area contributed by atoms with Crippen LogP contribution in [0.4, 0.5) is 0 Å². The third kappa shape index (κ3) is 1.56. The normalized spacial score (nSPS) is 9.50. The van der Waals surface area contributed by atoms with Crippen LogP contribution < -0.4 is 10.5 Å². The summed E-state index contributed by atoms with van der Waals surface area (Å²) in [6, 6.07) is 5.45. The Morgan fingerprint density at radius 3 is 2.67 bits per heavy atom. The Hall–Kier alpha value is -1.51. The van der Waals surface area contributed by atoms with Crippen LogP contribution in [0.15, 0.2) is 18.2 Å². The number of hydrogen-bond acceptors (Lipinski definition) is 2. The highest BCUT2D eigenvalue weighted by Gasteiger charge is 2.01. The average Bonchev–Trinajstić information content (AvgIpc) is 2.05. The Balaban J connectivity index is 3.13. The van der Waals surface area contributed by atoms with Gasteiger partial charge in [-0.2, -0.15) is 0 Å². The summed E-state index contributed by atoms with van der Waals surface area (Å²) in [5.41, 5.74) is 7.05. The van der Waals surface area contributed by atoms with Gasteiger partial charge in [-0.05, 0) is 18.6 Å². The third-order valence-electron chi connectivity index (χ3n) is 1.72. The highest BCUT2D eigenvalue weighted by Crippen LogP contribution is 2.18. The molecule has 3 nitrogen and oxygen atoms in total. The SMILES string of the molecule is COc1cc(C(=N)N)ccc1C. The van der Waals surface area contributed by atoms with E-state index in [1.54, 1.807) is 19.2 Å². The van der Waals surface area contributed by atoms with E-state index in [4.69, 9.17) is 15.9 Å². The molecule has 0 radical (unpaired) electrons. The quantitative estimate of drug-likeness (QED) is 0.511. The summed E-state index contributed by atoms with van der Waals surface area (Å²) in [5, 5.41) is 7.20. The lowest BCUT2D eigenvalue weighted by Crippen LogP contribution is -2.11. The van der Waals surface area contributed by atoms with Gasteiger partial charge in [-0.3, -0.25) is 5.41 Å². The van der Waals surface area contributed by atoms with E-state index in [9.17, 15) is 0 Å². The second-order valence-electron chi connectivity index (χ2n) is 2.60. The van der Waals surface area contributed by atoms with Gasteiger partial charge in [-0.25, -0.2) is 0 Å². The molecule has 64 valence electrons. The molecule has 12 heavy (non-hydrogen) atoms. The van der Waals surface area contributed by atoms with Gasteiger partial charge < -0.3 is 10.5 Å². The molecule has 1 aromatic rings. The molecule has 0 amide bonds. The van der Waals surface area contributed by atoms with Crippen molar-refractivity contribution in [1.82, 2.24) is 0 Å². The van der Waals surface area contributed by atoms with Gasteiger partial charge in [-0.1, -0.05) is 12.1 Å². The van der Waals surface area contributed by atoms with Gasteiger partial charge >= 0.3 is 0 Å². The predicted molar refractivity (Wildman–Crippen MR) is 48.7 cm³/mol. The molecule has 0 fully saturated rings. The van der Waals surface area contributed by atoms with Crippen molar-refractivity contribution in [3.8, 4) is 5.75 Å². The first-order valence-corrected chi connectivity index (χ1v) is 3.64. The molecule has 0 aliphatic heterocycles. The fourth-order valence-corrected chi connectivity index (χ4v) is 0.988. The smallest absolute Gasteiger partial charge is 0.122 e. The van der Waals surface area contributed by atoms with Crippen molar-refractivity contribution in [3.63, 3.8) is 0 Å². The summed E-state index contributed by atoms with van der Waals surface area (Å²) in [7, 11) is 1.60. The van der Waals surface area contributed by atoms with Gasteiger partial charge in [0.25, 0.3) is 0 Å². The van der Waals surface area contributed by atoms with Crippen molar-refractivity contribution < 1.29 is 4.74 Å². The highest BCUT2D eigenvalue weighted by molar-refractivity contribution is 5.95. The van der Waals surface area contributed by atoms with E-state index in [0.29, 0.717) is 5.56 Å². The lowest BCUT2D eigenvalue weighted by Gasteiger charge is -2.05. The Labute approximate surface area is 71.7 Å². The molecule has 1 rings (SSSR count). The zero-order valence-corrected chi connectivity index (χ0v) is 7.22. The van der Waals surface area contributed by atoms with Crippen molar-refractivity contribution in [3.05, 3.63) is 29.3 Å². The van der Waals surface area contributed by atoms with E-state index >= 15 is 0 Å². The van der Waals surface area contributed by atoms with Crippen molar-refractivity contribution in [2.24, 2.45) is 5.73 Å². The number of nitrogens with two attached hydrogens (primary N) is 1. The zero-order chi connectivity index (χ0) is 9.14. The van der Waals surface area contributed by atoms with Gasteiger partial charge in [0, 0.05) is 5.56 Å². The van der Waals surface area contributed by atoms with Crippen LogP contribution in [0, 0.1) is 12.3 Å². The number of ether oxygens (including phenoxy) is 1. The van der Waals surface area contributed by atoms with Crippen LogP contribution in [0.25, 0.3) is 0 Å². The van der Waals surface area contributed by atoms with Crippen molar-refractivity contribution in [2.75, 3.05) is 7.11 Å². The minimum absolute atomic E-state index is 0.0632. The van der Waals surface area contributed by atoms with Crippen LogP contribution >= 0.6 is 0 Å². The van der Waals surface area contributed by atoms with E-state index in [2.05, 4.69) is 0 Å². The molecular formula is C9H12N2O. The maximum Gasteiger partial charge on any atom is 0.122 e. The number of rotatable bonds is 2. The molecule has 3 heteroatoms. The number of hydrogen-bond donors (Lipinski definition) is 2. The molecule has 0 saturated carbocycles. The lowest BCUT2D eigenvalue weighted by molar-refractivity contribution is 0.411. The highest BCUT2D eigenvalue weighted by atomic mass is 16.5. The van der Waals surface area contributed by atoms with Crippen LogP contribution in [0.5, 0.6) is 5.75 Å². The molecule has 0 saturated heterocycles. The Morgan fingerprint density at radius 1 is 1.50 bits per heavy atom. The first-order valence-electron chi connectivity index (χ1n) is 3.64. The minimum atomic E-state index is 0.0632. The number of benzene rings is 1. The van der Waals surface area contributed by atoms with Gasteiger partial charge in [0.05, 0.1) is 7.11 Å². The summed E-state index contributed by atoms with van der Waals surface area (Å²) in [5.74, 6) is 0.830. The zero-order valence-electron chi connectivity index (χ0n) is 7.22. The van der Waals surface area contributed by atoms with Crippen LogP contribution in [-0.2, 0) is 0 Å². The molecule has 1 aromatic carbocycles. The second kappa shape index (κ2) is 3.26. The van der Waals surface area contributed by atoms with Gasteiger partial charge in [0.15, 0.2) is 0 Å². The molecule has 0 unspecified atom stereocenters. The largest absolute Gasteiger partial charge is 0.496 e. The number of amidine groups is 1. The minimum Gasteiger partial charge on any atom is -0.496 e. The van der Waals surface area contributed by atoms with E-state index < -0.39 is 0 Å². The standard InChI is InChI=1S/C9H12N2O/c1-6-3-4-7(9(10)11)5-8(6)12-2/h3-5H,1-2H3,(H3,10,11). The fraction of sp³-hybridized carbons (Fsp3) is 0.222. The van der Waals surface area contributed by atoms with E-state index in [1.807, 2.05) is 13.0 Å². The average molecular weight is 164 g/mol. The molecule has 0 spiro atoms. The fourth-order valence-electron chi connectivity index (χ4n) is 0.988. The summed E-state index contributed by atoms with van der Waals surface area (Å²) < 4.78 is 5.08. The first-order chi connectivity index (χ1) is 5.65. The maximum atomic E-state index is 7.20. The summed E-state index contributed by atoms with van der Waals surface area (Å²) in [6.45, 7) is 1.95. The summed E-state index contributed by atoms with van der Waals surface area (Å²) in [6.07, 6.45) is 0. The van der Waals surface area contributed by atoms with Crippen LogP contribution in [0.1, 0.15) is 11.1 Å². The van der Waals surface area contributed by atoms with Gasteiger partial charge in [0.2, 0.25) is 0 Å². The summed E-state index contributed by atoms with van der Waals surface area (Å²) >= 11 is 0. The molecule has 0 heterocycles. The van der Waals surface area contributed by atoms with E-state index in [-0.39, 0.29) is 5.84 Å². The number of methoxy groups -OCH3 is 1. The Morgan fingerprint density at radius 2 is 2.17 bits per heavy atom. The van der Waals surface area contributed by atoms with Gasteiger partial charge in [0.1, 0.15) is 11.6 Å². The van der Waals surface area contributed by atoms with E-state index in [0.717, 1.165) is 11.3 Å². The monoisotopic (exact) mass is 164 g/mol. The summed E-state index contributed by atoms with van der Waals surface area (Å²) in [4.78, 5) is 0. The first kappa shape index (κ1) is 8.59. The van der Waals surface area contributed by atoms with Crippen molar-refractivity contribution in [2.45, 2.75) is 6.92 Å². The topological polar surface area (TPSA) is 59.1 Å². The van der Waals surface area contributed by atoms with Crippen molar-refractivity contribution in [1.29, 1.82) is 5.41 Å². The molecule has 0 aliphatic rings.